The number of fused-ring (bicyclic) bond motifs is 2. The lowest BCUT2D eigenvalue weighted by atomic mass is 10.1. The number of alkyl halides is 9. The molecule has 0 radical (unpaired) electrons. The van der Waals surface area contributed by atoms with Gasteiger partial charge in [-0.1, -0.05) is 53.8 Å². The minimum absolute atomic E-state index is 0.250. The number of hydrogen-bond acceptors (Lipinski definition) is 13. The van der Waals surface area contributed by atoms with E-state index >= 15 is 0 Å². The predicted octanol–water partition coefficient (Wildman–Crippen LogP) is 13.5. The van der Waals surface area contributed by atoms with Crippen LogP contribution in [-0.2, 0) is 17.1 Å². The Bertz CT molecular complexity index is 3140. The van der Waals surface area contributed by atoms with E-state index in [9.17, 15) is 39.5 Å². The van der Waals surface area contributed by atoms with Gasteiger partial charge in [0.2, 0.25) is 11.8 Å². The van der Waals surface area contributed by atoms with Crippen molar-refractivity contribution in [2.45, 2.75) is 18.5 Å². The third kappa shape index (κ3) is 12.6. The molecule has 4 aromatic carbocycles. The monoisotopic (exact) mass is 1080 g/mol. The lowest BCUT2D eigenvalue weighted by Crippen LogP contribution is -2.21. The first kappa shape index (κ1) is 47.9. The van der Waals surface area contributed by atoms with Gasteiger partial charge < -0.3 is 19.9 Å². The maximum absolute atomic E-state index is 12.8. The summed E-state index contributed by atoms with van der Waals surface area (Å²) in [5, 5.41) is 11.0. The standard InChI is InChI=1S/C23H14F3N5OS.C18H9F3IN3OS.C2HF3O2/c24-23(25,26)15-9-7-14(8-10-15)16-12-20(29-13-28-16)32-17-4-3-5-18-21(17)31-22(33-18)30-19-6-1-2-11-27-19;19-18(20,21)11-6-4-10(5-7-11)12-8-15(24-9-23-12)26-13-2-1-3-14-16(13)25-17(22)27-14;3-2(4,5)1(6)7/h1-13H,(H,27,30,31);1-9H;(H,6,7). The van der Waals surface area contributed by atoms with E-state index in [1.54, 1.807) is 41.8 Å². The second-order valence-corrected chi connectivity index (χ2v) is 17.0. The number of aliphatic carboxylic acids is 1. The summed E-state index contributed by atoms with van der Waals surface area (Å²) in [5.74, 6) is -0.489. The molecule has 0 fully saturated rings. The molecule has 0 bridgehead atoms. The molecule has 0 unspecified atom stereocenters. The molecule has 342 valence electrons. The number of carboxylic acids is 1. The number of nitrogens with one attached hydrogen (secondary N) is 1. The van der Waals surface area contributed by atoms with E-state index in [1.165, 1.54) is 48.3 Å². The average molecular weight is 1080 g/mol. The summed E-state index contributed by atoms with van der Waals surface area (Å²) in [6.07, 6.45) is -9.55. The lowest BCUT2D eigenvalue weighted by Gasteiger charge is -2.09. The van der Waals surface area contributed by atoms with Crippen molar-refractivity contribution in [1.82, 2.24) is 34.9 Å². The molecule has 12 nitrogen and oxygen atoms in total. The van der Waals surface area contributed by atoms with Crippen LogP contribution in [0, 0.1) is 3.01 Å². The van der Waals surface area contributed by atoms with E-state index in [0.29, 0.717) is 50.5 Å². The number of thiazole rings is 2. The zero-order valence-corrected chi connectivity index (χ0v) is 36.9. The van der Waals surface area contributed by atoms with Crippen molar-refractivity contribution in [2.75, 3.05) is 5.32 Å². The summed E-state index contributed by atoms with van der Waals surface area (Å²) in [7, 11) is 0. The summed E-state index contributed by atoms with van der Waals surface area (Å²) in [4.78, 5) is 38.7. The van der Waals surface area contributed by atoms with Gasteiger partial charge in [0.15, 0.2) is 19.6 Å². The van der Waals surface area contributed by atoms with Crippen LogP contribution in [0.3, 0.4) is 0 Å². The largest absolute Gasteiger partial charge is 0.490 e. The topological polar surface area (TPSA) is 158 Å². The highest BCUT2D eigenvalue weighted by Crippen LogP contribution is 2.37. The average Bonchev–Trinajstić information content (AvgIpc) is 3.90. The molecule has 0 aliphatic heterocycles. The molecule has 5 aromatic heterocycles. The van der Waals surface area contributed by atoms with Crippen molar-refractivity contribution in [3.05, 3.63) is 148 Å². The normalized spacial score (nSPS) is 11.6. The SMILES string of the molecule is FC(F)(F)c1ccc(-c2cc(Oc3cccc4sc(I)nc34)ncn2)cc1.FC(F)(F)c1ccc(-c2cc(Oc3cccc4sc(Nc5ccccn5)nc34)ncn2)cc1.O=C(O)C(F)(F)F. The van der Waals surface area contributed by atoms with E-state index in [1.807, 2.05) is 42.5 Å². The minimum atomic E-state index is -5.08. The first-order valence-corrected chi connectivity index (χ1v) is 21.3. The molecule has 5 heterocycles. The number of carboxylic acid groups (broad SMARTS) is 1. The van der Waals surface area contributed by atoms with Crippen LogP contribution in [0.1, 0.15) is 11.1 Å². The number of benzene rings is 4. The van der Waals surface area contributed by atoms with Crippen LogP contribution in [0.25, 0.3) is 42.9 Å². The zero-order chi connectivity index (χ0) is 47.9. The predicted molar refractivity (Wildman–Crippen MR) is 238 cm³/mol. The van der Waals surface area contributed by atoms with E-state index in [4.69, 9.17) is 19.4 Å². The second kappa shape index (κ2) is 20.2. The summed E-state index contributed by atoms with van der Waals surface area (Å²) in [6.45, 7) is 0. The van der Waals surface area contributed by atoms with Gasteiger partial charge in [-0.25, -0.2) is 39.7 Å². The van der Waals surface area contributed by atoms with Crippen LogP contribution < -0.4 is 14.8 Å². The molecule has 0 saturated carbocycles. The number of para-hydroxylation sites is 2. The molecule has 0 saturated heterocycles. The molecule has 0 atom stereocenters. The number of anilines is 2. The van der Waals surface area contributed by atoms with Gasteiger partial charge in [0, 0.05) is 29.5 Å². The second-order valence-electron chi connectivity index (χ2n) is 13.2. The van der Waals surface area contributed by atoms with Crippen LogP contribution >= 0.6 is 45.3 Å². The third-order valence-electron chi connectivity index (χ3n) is 8.61. The van der Waals surface area contributed by atoms with Crippen molar-refractivity contribution < 1.29 is 58.9 Å². The third-order valence-corrected chi connectivity index (χ3v) is 11.3. The zero-order valence-electron chi connectivity index (χ0n) is 33.1. The summed E-state index contributed by atoms with van der Waals surface area (Å²) in [5.41, 5.74) is 1.92. The molecule has 0 amide bonds. The minimum Gasteiger partial charge on any atom is -0.475 e. The van der Waals surface area contributed by atoms with Crippen molar-refractivity contribution >= 4 is 82.6 Å². The lowest BCUT2D eigenvalue weighted by molar-refractivity contribution is -0.192. The highest BCUT2D eigenvalue weighted by Gasteiger charge is 2.38. The van der Waals surface area contributed by atoms with Crippen LogP contribution in [0.15, 0.2) is 134 Å². The maximum atomic E-state index is 12.8. The first-order valence-electron chi connectivity index (χ1n) is 18.6. The Hall–Kier alpha value is -7.06. The van der Waals surface area contributed by atoms with Gasteiger partial charge in [-0.2, -0.15) is 39.5 Å². The van der Waals surface area contributed by atoms with Gasteiger partial charge >= 0.3 is 24.5 Å². The van der Waals surface area contributed by atoms with Crippen molar-refractivity contribution in [3.8, 4) is 45.8 Å². The summed E-state index contributed by atoms with van der Waals surface area (Å²) in [6, 6.07) is 29.4. The number of aromatic nitrogens is 7. The summed E-state index contributed by atoms with van der Waals surface area (Å²) < 4.78 is 123. The molecular formula is C43H24F9IN8O4S2. The van der Waals surface area contributed by atoms with Gasteiger partial charge in [-0.05, 0) is 83.3 Å². The molecule has 67 heavy (non-hydrogen) atoms. The van der Waals surface area contributed by atoms with Gasteiger partial charge in [0.05, 0.1) is 31.9 Å². The van der Waals surface area contributed by atoms with Crippen LogP contribution in [-0.4, -0.2) is 52.1 Å². The number of carbonyl (C=O) groups is 1. The van der Waals surface area contributed by atoms with Gasteiger partial charge in [0.1, 0.15) is 29.5 Å². The van der Waals surface area contributed by atoms with E-state index in [0.717, 1.165) is 42.2 Å². The number of ether oxygens (including phenoxy) is 2. The first-order chi connectivity index (χ1) is 31.8. The Balaban J connectivity index is 0.000000177. The highest BCUT2D eigenvalue weighted by atomic mass is 127. The molecule has 0 aliphatic carbocycles. The van der Waals surface area contributed by atoms with Crippen molar-refractivity contribution in [3.63, 3.8) is 0 Å². The molecule has 0 aliphatic rings. The Morgan fingerprint density at radius 1 is 0.582 bits per heavy atom. The van der Waals surface area contributed by atoms with Gasteiger partial charge in [-0.3, -0.25) is 0 Å². The number of nitrogens with zero attached hydrogens (tertiary/aromatic N) is 7. The van der Waals surface area contributed by atoms with Gasteiger partial charge in [0.25, 0.3) is 0 Å². The molecule has 9 rings (SSSR count). The Morgan fingerprint density at radius 3 is 1.51 bits per heavy atom. The number of halogens is 10. The fourth-order valence-corrected chi connectivity index (χ4v) is 8.13. The van der Waals surface area contributed by atoms with Crippen LogP contribution in [0.4, 0.5) is 50.5 Å². The molecule has 9 aromatic rings. The molecular weight excluding hydrogens is 1050 g/mol. The fourth-order valence-electron chi connectivity index (χ4n) is 5.58. The van der Waals surface area contributed by atoms with Crippen LogP contribution in [0.5, 0.6) is 23.3 Å². The molecule has 24 heteroatoms. The highest BCUT2D eigenvalue weighted by molar-refractivity contribution is 14.1. The van der Waals surface area contributed by atoms with Gasteiger partial charge in [-0.15, -0.1) is 11.3 Å². The maximum Gasteiger partial charge on any atom is 0.490 e. The van der Waals surface area contributed by atoms with Crippen LogP contribution in [0.2, 0.25) is 0 Å². The number of rotatable bonds is 8. The Kier molecular flexibility index (Phi) is 14.4. The Labute approximate surface area is 392 Å². The smallest absolute Gasteiger partial charge is 0.475 e. The number of hydrogen-bond donors (Lipinski definition) is 2. The van der Waals surface area contributed by atoms with Crippen molar-refractivity contribution in [1.29, 1.82) is 0 Å². The molecule has 0 spiro atoms. The fraction of sp³-hybridized carbons (Fsp3) is 0.0698. The van der Waals surface area contributed by atoms with E-state index < -0.39 is 35.6 Å². The number of pyridine rings is 1. The van der Waals surface area contributed by atoms with E-state index in [2.05, 4.69) is 62.8 Å². The summed E-state index contributed by atoms with van der Waals surface area (Å²) >= 11 is 5.15. The van der Waals surface area contributed by atoms with Crippen molar-refractivity contribution in [2.24, 2.45) is 0 Å². The molecule has 2 N–H and O–H groups in total. The van der Waals surface area contributed by atoms with E-state index in [-0.39, 0.29) is 11.8 Å². The quantitative estimate of drug-likeness (QED) is 0.110. The Morgan fingerprint density at radius 2 is 1.06 bits per heavy atom.